The number of esters is 2. The number of unbranched alkanes of at least 4 members (excludes halogenated alkanes) is 16. The molecule has 0 aliphatic heterocycles. The van der Waals surface area contributed by atoms with Crippen molar-refractivity contribution in [1.82, 2.24) is 0 Å². The van der Waals surface area contributed by atoms with E-state index in [4.69, 9.17) is 18.9 Å². The highest BCUT2D eigenvalue weighted by atomic mass is 19.1. The minimum absolute atomic E-state index is 0.215. The summed E-state index contributed by atoms with van der Waals surface area (Å²) in [4.78, 5) is 26.0. The summed E-state index contributed by atoms with van der Waals surface area (Å²) < 4.78 is 52.1. The molecule has 5 aromatic rings. The molecule has 5 rings (SSSR count). The summed E-state index contributed by atoms with van der Waals surface area (Å²) in [5, 5.41) is 0. The highest BCUT2D eigenvalue weighted by Crippen LogP contribution is 2.25. The second-order valence-corrected chi connectivity index (χ2v) is 16.9. The van der Waals surface area contributed by atoms with Gasteiger partial charge in [0.15, 0.2) is 23.1 Å². The fourth-order valence-electron chi connectivity index (χ4n) is 7.44. The SMILES string of the molecule is CCCCCCCCCCCOc1ccc(/C=C/c2ccc(C(=O)Oc3cccc(OC(=O)c4ccc(/C=C/c5ccc(OCCCCCCCCCCC)c(F)c5)cc4)c3)cc2)cc1F. The molecule has 66 heavy (non-hydrogen) atoms. The predicted octanol–water partition coefficient (Wildman–Crippen LogP) is 16.6. The van der Waals surface area contributed by atoms with Gasteiger partial charge in [-0.1, -0.05) is 183 Å². The van der Waals surface area contributed by atoms with Crippen LogP contribution < -0.4 is 18.9 Å². The fourth-order valence-corrected chi connectivity index (χ4v) is 7.44. The normalized spacial score (nSPS) is 11.3. The zero-order chi connectivity index (χ0) is 46.6. The minimum atomic E-state index is -0.575. The van der Waals surface area contributed by atoms with Crippen LogP contribution in [0.15, 0.2) is 109 Å². The molecule has 0 bridgehead atoms. The Morgan fingerprint density at radius 1 is 0.409 bits per heavy atom. The Kier molecular flexibility index (Phi) is 22.8. The van der Waals surface area contributed by atoms with Crippen molar-refractivity contribution < 1.29 is 37.3 Å². The summed E-state index contributed by atoms with van der Waals surface area (Å²) in [6.07, 6.45) is 29.2. The van der Waals surface area contributed by atoms with Gasteiger partial charge in [0, 0.05) is 6.07 Å². The zero-order valence-corrected chi connectivity index (χ0v) is 39.0. The van der Waals surface area contributed by atoms with E-state index in [9.17, 15) is 18.4 Å². The number of hydrogen-bond acceptors (Lipinski definition) is 6. The maximum atomic E-state index is 14.8. The summed E-state index contributed by atoms with van der Waals surface area (Å²) >= 11 is 0. The molecule has 0 fully saturated rings. The van der Waals surface area contributed by atoms with Gasteiger partial charge in [-0.25, -0.2) is 18.4 Å². The van der Waals surface area contributed by atoms with Gasteiger partial charge in [0.1, 0.15) is 11.5 Å². The molecule has 0 unspecified atom stereocenters. The monoisotopic (exact) mass is 898 g/mol. The van der Waals surface area contributed by atoms with Crippen molar-refractivity contribution >= 4 is 36.2 Å². The fraction of sp³-hybridized carbons (Fsp3) is 0.379. The highest BCUT2D eigenvalue weighted by molar-refractivity contribution is 5.92. The van der Waals surface area contributed by atoms with Gasteiger partial charge in [0.2, 0.25) is 0 Å². The molecule has 0 radical (unpaired) electrons. The van der Waals surface area contributed by atoms with Gasteiger partial charge in [-0.2, -0.15) is 0 Å². The van der Waals surface area contributed by atoms with Gasteiger partial charge in [-0.3, -0.25) is 0 Å². The quantitative estimate of drug-likeness (QED) is 0.0198. The molecule has 5 aromatic carbocycles. The number of carbonyl (C=O) groups excluding carboxylic acids is 2. The van der Waals surface area contributed by atoms with Crippen LogP contribution >= 0.6 is 0 Å². The van der Waals surface area contributed by atoms with Crippen LogP contribution in [0, 0.1) is 11.6 Å². The van der Waals surface area contributed by atoms with Gasteiger partial charge in [0.05, 0.1) is 24.3 Å². The van der Waals surface area contributed by atoms with Crippen LogP contribution in [0.5, 0.6) is 23.0 Å². The lowest BCUT2D eigenvalue weighted by Crippen LogP contribution is -2.10. The Morgan fingerprint density at radius 3 is 1.11 bits per heavy atom. The third-order valence-electron chi connectivity index (χ3n) is 11.4. The first-order chi connectivity index (χ1) is 32.3. The van der Waals surface area contributed by atoms with E-state index in [0.29, 0.717) is 35.5 Å². The van der Waals surface area contributed by atoms with Crippen LogP contribution in [0.3, 0.4) is 0 Å². The van der Waals surface area contributed by atoms with Crippen molar-refractivity contribution in [3.05, 3.63) is 154 Å². The average molecular weight is 899 g/mol. The first-order valence-electron chi connectivity index (χ1n) is 24.3. The molecule has 0 N–H and O–H groups in total. The topological polar surface area (TPSA) is 71.1 Å². The first-order valence-corrected chi connectivity index (χ1v) is 24.3. The molecule has 6 nitrogen and oxygen atoms in total. The third kappa shape index (κ3) is 18.8. The summed E-state index contributed by atoms with van der Waals surface area (Å²) in [7, 11) is 0. The van der Waals surface area contributed by atoms with Crippen molar-refractivity contribution in [2.45, 2.75) is 129 Å². The lowest BCUT2D eigenvalue weighted by molar-refractivity contribution is 0.0732. The van der Waals surface area contributed by atoms with Crippen molar-refractivity contribution in [3.63, 3.8) is 0 Å². The summed E-state index contributed by atoms with van der Waals surface area (Å²) in [5.41, 5.74) is 3.69. The lowest BCUT2D eigenvalue weighted by atomic mass is 10.1. The maximum absolute atomic E-state index is 14.8. The van der Waals surface area contributed by atoms with Gasteiger partial charge in [-0.15, -0.1) is 0 Å². The molecule has 0 atom stereocenters. The standard InChI is InChI=1S/C58H68F2O6/c1-3-5-7-9-11-13-15-17-19-40-63-55-38-32-47(42-53(55)59)26-24-45-28-34-49(35-29-45)57(61)65-51-22-21-23-52(44-51)66-58(62)50-36-30-46(31-37-50)25-27-48-33-39-56(54(60)43-48)64-41-20-18-16-14-12-10-8-6-4-2/h21-39,42-44H,3-20,40-41H2,1-2H3/b26-24+,27-25+. The molecule has 350 valence electrons. The molecule has 0 amide bonds. The Hall–Kier alpha value is -6.02. The van der Waals surface area contributed by atoms with E-state index in [0.717, 1.165) is 36.8 Å². The molecule has 0 aliphatic carbocycles. The van der Waals surface area contributed by atoms with Gasteiger partial charge in [-0.05, 0) is 95.8 Å². The lowest BCUT2D eigenvalue weighted by Gasteiger charge is -2.08. The molecule has 0 saturated heterocycles. The van der Waals surface area contributed by atoms with Crippen LogP contribution in [0.25, 0.3) is 24.3 Å². The van der Waals surface area contributed by atoms with Crippen molar-refractivity contribution in [1.29, 1.82) is 0 Å². The minimum Gasteiger partial charge on any atom is -0.491 e. The van der Waals surface area contributed by atoms with Crippen molar-refractivity contribution in [3.8, 4) is 23.0 Å². The highest BCUT2D eigenvalue weighted by Gasteiger charge is 2.13. The van der Waals surface area contributed by atoms with E-state index >= 15 is 0 Å². The first kappa shape index (κ1) is 51.0. The van der Waals surface area contributed by atoms with E-state index in [1.807, 2.05) is 24.3 Å². The number of rotatable bonds is 30. The molecule has 8 heteroatoms. The summed E-state index contributed by atoms with van der Waals surface area (Å²) in [6.45, 7) is 5.47. The summed E-state index contributed by atoms with van der Waals surface area (Å²) in [5.74, 6) is -0.992. The Labute approximate surface area is 392 Å². The van der Waals surface area contributed by atoms with E-state index in [2.05, 4.69) is 13.8 Å². The van der Waals surface area contributed by atoms with Gasteiger partial charge >= 0.3 is 11.9 Å². The van der Waals surface area contributed by atoms with Crippen LogP contribution in [0.2, 0.25) is 0 Å². The van der Waals surface area contributed by atoms with Crippen LogP contribution in [-0.4, -0.2) is 25.2 Å². The second-order valence-electron chi connectivity index (χ2n) is 16.9. The third-order valence-corrected chi connectivity index (χ3v) is 11.4. The Balaban J connectivity index is 1.01. The Bertz CT molecular complexity index is 2110. The van der Waals surface area contributed by atoms with Crippen LogP contribution in [0.4, 0.5) is 8.78 Å². The van der Waals surface area contributed by atoms with E-state index < -0.39 is 23.6 Å². The predicted molar refractivity (Wildman–Crippen MR) is 265 cm³/mol. The number of halogens is 2. The van der Waals surface area contributed by atoms with Crippen LogP contribution in [0.1, 0.15) is 172 Å². The number of ether oxygens (including phenoxy) is 4. The molecule has 0 spiro atoms. The largest absolute Gasteiger partial charge is 0.491 e. The number of hydrogen-bond donors (Lipinski definition) is 0. The average Bonchev–Trinajstić information content (AvgIpc) is 3.33. The maximum Gasteiger partial charge on any atom is 0.343 e. The zero-order valence-electron chi connectivity index (χ0n) is 39.0. The van der Waals surface area contributed by atoms with Gasteiger partial charge in [0.25, 0.3) is 0 Å². The molecular weight excluding hydrogens is 831 g/mol. The van der Waals surface area contributed by atoms with E-state index in [1.54, 1.807) is 91.0 Å². The van der Waals surface area contributed by atoms with Crippen molar-refractivity contribution in [2.24, 2.45) is 0 Å². The second kappa shape index (κ2) is 29.5. The molecule has 0 saturated carbocycles. The van der Waals surface area contributed by atoms with Crippen LogP contribution in [-0.2, 0) is 0 Å². The smallest absolute Gasteiger partial charge is 0.343 e. The van der Waals surface area contributed by atoms with Gasteiger partial charge < -0.3 is 18.9 Å². The molecule has 0 heterocycles. The molecular formula is C58H68F2O6. The van der Waals surface area contributed by atoms with E-state index in [-0.39, 0.29) is 23.0 Å². The Morgan fingerprint density at radius 2 is 0.742 bits per heavy atom. The number of carbonyl (C=O) groups is 2. The molecule has 0 aromatic heterocycles. The van der Waals surface area contributed by atoms with E-state index in [1.165, 1.54) is 108 Å². The van der Waals surface area contributed by atoms with Crippen molar-refractivity contribution in [2.75, 3.05) is 13.2 Å². The number of benzene rings is 5. The summed E-state index contributed by atoms with van der Waals surface area (Å²) in [6, 6.07) is 29.9. The molecule has 0 aliphatic rings.